The third-order valence-corrected chi connectivity index (χ3v) is 17.6. The topological polar surface area (TPSA) is 117 Å². The molecule has 1 unspecified atom stereocenters. The molecule has 0 saturated heterocycles. The number of aromatic nitrogens is 2. The average molecular weight is 748 g/mol. The molecule has 8 nitrogen and oxygen atoms in total. The van der Waals surface area contributed by atoms with Crippen LogP contribution in [0.25, 0.3) is 22.3 Å². The van der Waals surface area contributed by atoms with Crippen LogP contribution in [0.4, 0.5) is 0 Å². The van der Waals surface area contributed by atoms with Gasteiger partial charge in [-0.3, -0.25) is 4.79 Å². The number of carbonyl (C=O) groups excluding carboxylic acids is 1. The summed E-state index contributed by atoms with van der Waals surface area (Å²) in [5, 5.41) is 15.4. The number of halogens is 1. The number of benzene rings is 3. The highest BCUT2D eigenvalue weighted by molar-refractivity contribution is 6.99. The van der Waals surface area contributed by atoms with Gasteiger partial charge in [0.1, 0.15) is 6.61 Å². The summed E-state index contributed by atoms with van der Waals surface area (Å²) in [5.41, 5.74) is 11.6. The SMILES string of the molecule is CC[C@@]1(O)C(=O)OCc2c1cc1n(c2=O)Cc2c-1nc1cc(Cl)c(C)c3c1c2[C@@H](CC(CN)O[Si](c1ccccc1)(c1ccccc1)C(C)(C)C)CC3. The van der Waals surface area contributed by atoms with Crippen LogP contribution >= 0.6 is 11.6 Å². The molecule has 4 heterocycles. The van der Waals surface area contributed by atoms with Gasteiger partial charge in [0, 0.05) is 28.1 Å². The van der Waals surface area contributed by atoms with Crippen molar-refractivity contribution < 1.29 is 19.1 Å². The van der Waals surface area contributed by atoms with Gasteiger partial charge >= 0.3 is 5.97 Å². The van der Waals surface area contributed by atoms with Gasteiger partial charge in [-0.2, -0.15) is 0 Å². The molecule has 53 heavy (non-hydrogen) atoms. The Balaban J connectivity index is 1.29. The van der Waals surface area contributed by atoms with E-state index in [1.807, 2.05) is 18.2 Å². The van der Waals surface area contributed by atoms with Gasteiger partial charge in [-0.25, -0.2) is 9.78 Å². The quantitative estimate of drug-likeness (QED) is 0.137. The molecule has 3 N–H and O–H groups in total. The van der Waals surface area contributed by atoms with Crippen molar-refractivity contribution in [1.82, 2.24) is 9.55 Å². The highest BCUT2D eigenvalue weighted by Gasteiger charge is 2.52. The first-order chi connectivity index (χ1) is 25.3. The molecule has 0 radical (unpaired) electrons. The summed E-state index contributed by atoms with van der Waals surface area (Å²) in [6.07, 6.45) is 2.20. The number of nitrogens with zero attached hydrogens (tertiary/aromatic N) is 2. The smallest absolute Gasteiger partial charge is 0.343 e. The second kappa shape index (κ2) is 13.0. The number of nitrogens with two attached hydrogens (primary N) is 1. The monoisotopic (exact) mass is 747 g/mol. The van der Waals surface area contributed by atoms with Crippen LogP contribution in [0.5, 0.6) is 0 Å². The molecule has 0 saturated carbocycles. The third-order valence-electron chi connectivity index (χ3n) is 12.1. The second-order valence-electron chi connectivity index (χ2n) is 15.9. The van der Waals surface area contributed by atoms with Gasteiger partial charge in [0.25, 0.3) is 13.9 Å². The summed E-state index contributed by atoms with van der Waals surface area (Å²) < 4.78 is 14.7. The number of ether oxygens (including phenoxy) is 1. The van der Waals surface area contributed by atoms with Crippen molar-refractivity contribution in [3.63, 3.8) is 0 Å². The van der Waals surface area contributed by atoms with Crippen molar-refractivity contribution in [2.45, 2.75) is 96.1 Å². The van der Waals surface area contributed by atoms with Crippen LogP contribution in [0.15, 0.2) is 77.6 Å². The zero-order valence-electron chi connectivity index (χ0n) is 31.0. The predicted molar refractivity (Wildman–Crippen MR) is 211 cm³/mol. The number of carbonyl (C=O) groups is 1. The summed E-state index contributed by atoms with van der Waals surface area (Å²) in [6.45, 7) is 11.1. The average Bonchev–Trinajstić information content (AvgIpc) is 3.53. The van der Waals surface area contributed by atoms with E-state index in [0.29, 0.717) is 47.0 Å². The summed E-state index contributed by atoms with van der Waals surface area (Å²) in [7, 11) is -2.90. The fourth-order valence-corrected chi connectivity index (χ4v) is 14.3. The minimum atomic E-state index is -2.90. The predicted octanol–water partition coefficient (Wildman–Crippen LogP) is 6.37. The number of rotatable bonds is 8. The van der Waals surface area contributed by atoms with E-state index in [0.717, 1.165) is 40.4 Å². The van der Waals surface area contributed by atoms with Crippen molar-refractivity contribution in [2.75, 3.05) is 6.54 Å². The van der Waals surface area contributed by atoms with Crippen molar-refractivity contribution in [3.05, 3.63) is 122 Å². The van der Waals surface area contributed by atoms with Crippen LogP contribution in [-0.4, -0.2) is 41.6 Å². The summed E-state index contributed by atoms with van der Waals surface area (Å²) in [5.74, 6) is -0.677. The Kier molecular flexibility index (Phi) is 8.82. The minimum absolute atomic E-state index is 0.0613. The fraction of sp³-hybridized carbons (Fsp3) is 0.372. The van der Waals surface area contributed by atoms with E-state index in [4.69, 9.17) is 31.5 Å². The van der Waals surface area contributed by atoms with Crippen LogP contribution in [0.1, 0.15) is 86.3 Å². The number of esters is 1. The lowest BCUT2D eigenvalue weighted by Crippen LogP contribution is -2.68. The maximum atomic E-state index is 14.2. The van der Waals surface area contributed by atoms with Crippen LogP contribution in [0.3, 0.4) is 0 Å². The molecule has 0 amide bonds. The Bertz CT molecular complexity index is 2300. The number of pyridine rings is 2. The molecule has 0 fully saturated rings. The molecule has 2 aliphatic heterocycles. The first-order valence-electron chi connectivity index (χ1n) is 18.6. The van der Waals surface area contributed by atoms with Gasteiger partial charge in [-0.05, 0) is 82.8 Å². The molecule has 0 spiro atoms. The molecule has 1 aliphatic carbocycles. The normalized spacial score (nSPS) is 19.8. The van der Waals surface area contributed by atoms with E-state index < -0.39 is 19.9 Å². The number of hydrogen-bond acceptors (Lipinski definition) is 7. The molecule has 3 atom stereocenters. The van der Waals surface area contributed by atoms with Gasteiger partial charge in [0.2, 0.25) is 0 Å². The van der Waals surface area contributed by atoms with Gasteiger partial charge in [-0.15, -0.1) is 0 Å². The summed E-state index contributed by atoms with van der Waals surface area (Å²) in [6, 6.07) is 25.0. The lowest BCUT2D eigenvalue weighted by Gasteiger charge is -2.45. The molecule has 10 heteroatoms. The lowest BCUT2D eigenvalue weighted by atomic mass is 9.76. The van der Waals surface area contributed by atoms with Gasteiger partial charge < -0.3 is 24.6 Å². The van der Waals surface area contributed by atoms with Crippen LogP contribution in [-0.2, 0) is 39.1 Å². The second-order valence-corrected chi connectivity index (χ2v) is 20.6. The Morgan fingerprint density at radius 2 is 1.72 bits per heavy atom. The van der Waals surface area contributed by atoms with Gasteiger partial charge in [-0.1, -0.05) is 100.0 Å². The highest BCUT2D eigenvalue weighted by atomic mass is 35.5. The fourth-order valence-electron chi connectivity index (χ4n) is 9.34. The van der Waals surface area contributed by atoms with E-state index in [1.54, 1.807) is 17.6 Å². The first kappa shape index (κ1) is 35.9. The molecule has 8 rings (SSSR count). The number of cyclic esters (lactones) is 1. The molecule has 3 aromatic carbocycles. The van der Waals surface area contributed by atoms with Crippen molar-refractivity contribution in [2.24, 2.45) is 5.73 Å². The molecule has 3 aliphatic rings. The van der Waals surface area contributed by atoms with Crippen LogP contribution in [0.2, 0.25) is 10.1 Å². The Morgan fingerprint density at radius 3 is 2.32 bits per heavy atom. The standard InChI is InChI=1S/C43H46ClN3O5Si/c1-6-43(50)33-20-36-39-31(23-47(36)40(48)32(33)24-51-41(43)49)37-26(17-18-30-25(2)34(44)21-35(46-39)38(30)37)19-27(22-45)52-53(42(3,4)5,28-13-9-7-10-14-28)29-15-11-8-12-16-29/h7-16,20-21,26-27,50H,6,17-19,22-24,45H2,1-5H3/t26-,27?,43+/m1/s1. The van der Waals surface area contributed by atoms with E-state index in [2.05, 4.69) is 76.2 Å². The number of hydrogen-bond donors (Lipinski definition) is 2. The van der Waals surface area contributed by atoms with Crippen molar-refractivity contribution >= 4 is 47.2 Å². The van der Waals surface area contributed by atoms with Crippen LogP contribution in [0, 0.1) is 6.92 Å². The Labute approximate surface area is 316 Å². The molecule has 5 aromatic rings. The molecular weight excluding hydrogens is 702 g/mol. The molecule has 274 valence electrons. The molecule has 2 aromatic heterocycles. The van der Waals surface area contributed by atoms with E-state index >= 15 is 0 Å². The Hall–Kier alpha value is -4.12. The minimum Gasteiger partial charge on any atom is -0.458 e. The largest absolute Gasteiger partial charge is 0.458 e. The van der Waals surface area contributed by atoms with E-state index in [1.165, 1.54) is 15.9 Å². The first-order valence-corrected chi connectivity index (χ1v) is 20.9. The van der Waals surface area contributed by atoms with Crippen molar-refractivity contribution in [3.8, 4) is 11.4 Å². The van der Waals surface area contributed by atoms with Crippen molar-refractivity contribution in [1.29, 1.82) is 0 Å². The summed E-state index contributed by atoms with van der Waals surface area (Å²) in [4.78, 5) is 32.2. The molecular formula is C43H46ClN3O5Si. The molecule has 0 bridgehead atoms. The zero-order chi connectivity index (χ0) is 37.4. The Morgan fingerprint density at radius 1 is 1.06 bits per heavy atom. The maximum absolute atomic E-state index is 14.2. The number of aryl methyl sites for hydroxylation is 1. The van der Waals surface area contributed by atoms with E-state index in [-0.39, 0.29) is 35.6 Å². The maximum Gasteiger partial charge on any atom is 0.343 e. The highest BCUT2D eigenvalue weighted by Crippen LogP contribution is 2.49. The van der Waals surface area contributed by atoms with Crippen LogP contribution < -0.4 is 21.7 Å². The lowest BCUT2D eigenvalue weighted by molar-refractivity contribution is -0.172. The number of aliphatic hydroxyl groups is 1. The van der Waals surface area contributed by atoms with E-state index in [9.17, 15) is 14.7 Å². The van der Waals surface area contributed by atoms with Gasteiger partial charge in [0.05, 0.1) is 35.1 Å². The number of fused-ring (bicyclic) bond motifs is 5. The van der Waals surface area contributed by atoms with Gasteiger partial charge in [0.15, 0.2) is 5.60 Å². The zero-order valence-corrected chi connectivity index (χ0v) is 32.7. The third kappa shape index (κ3) is 5.38. The summed E-state index contributed by atoms with van der Waals surface area (Å²) >= 11 is 6.85.